The average molecular weight is 384 g/mol. The van der Waals surface area contributed by atoms with Crippen LogP contribution >= 0.6 is 0 Å². The lowest BCUT2D eigenvalue weighted by atomic mass is 10.2. The highest BCUT2D eigenvalue weighted by Gasteiger charge is 2.17. The van der Waals surface area contributed by atoms with E-state index in [0.717, 1.165) is 23.1 Å². The summed E-state index contributed by atoms with van der Waals surface area (Å²) in [6.07, 6.45) is -0.640. The molecule has 4 heteroatoms. The Morgan fingerprint density at radius 1 is 1.00 bits per heavy atom. The van der Waals surface area contributed by atoms with Crippen LogP contribution in [0.2, 0.25) is 0 Å². The molecule has 0 amide bonds. The third kappa shape index (κ3) is 5.62. The highest BCUT2D eigenvalue weighted by Crippen LogP contribution is 2.30. The first-order valence-corrected chi connectivity index (χ1v) is 9.97. The fourth-order valence-electron chi connectivity index (χ4n) is 2.87. The number of fused-ring (bicyclic) bond motifs is 1. The van der Waals surface area contributed by atoms with Gasteiger partial charge >= 0.3 is 5.97 Å². The van der Waals surface area contributed by atoms with Gasteiger partial charge in [-0.05, 0) is 37.6 Å². The van der Waals surface area contributed by atoms with Crippen LogP contribution in [0.4, 0.5) is 0 Å². The van der Waals surface area contributed by atoms with Gasteiger partial charge in [-0.3, -0.25) is 0 Å². The van der Waals surface area contributed by atoms with Gasteiger partial charge in [-0.25, -0.2) is 4.79 Å². The van der Waals surface area contributed by atoms with Gasteiger partial charge in [-0.2, -0.15) is 0 Å². The van der Waals surface area contributed by atoms with Crippen molar-refractivity contribution in [3.05, 3.63) is 65.9 Å². The zero-order valence-corrected chi connectivity index (χ0v) is 18.2. The van der Waals surface area contributed by atoms with Crippen LogP contribution in [0.15, 0.2) is 54.6 Å². The Labute approximate surface area is 169 Å². The van der Waals surface area contributed by atoms with Crippen molar-refractivity contribution in [1.82, 2.24) is 4.57 Å². The monoisotopic (exact) mass is 383 g/mol. The van der Waals surface area contributed by atoms with E-state index in [2.05, 4.69) is 35.8 Å². The van der Waals surface area contributed by atoms with Gasteiger partial charge in [0.1, 0.15) is 5.75 Å². The van der Waals surface area contributed by atoms with Crippen molar-refractivity contribution < 1.29 is 14.3 Å². The van der Waals surface area contributed by atoms with E-state index in [1.165, 1.54) is 12.7 Å². The molecule has 0 radical (unpaired) electrons. The first-order valence-electron chi connectivity index (χ1n) is 9.97. The topological polar surface area (TPSA) is 40.5 Å². The molecule has 0 aliphatic rings. The summed E-state index contributed by atoms with van der Waals surface area (Å²) in [5, 5.41) is 1.00. The molecule has 0 aliphatic carbocycles. The number of aryl methyl sites for hydroxylation is 1. The Morgan fingerprint density at radius 2 is 1.64 bits per heavy atom. The number of carbonyl (C=O) groups is 1. The Balaban J connectivity index is 0.000000921. The molecule has 0 aliphatic heterocycles. The molecule has 3 aromatic rings. The second-order valence-corrected chi connectivity index (χ2v) is 5.83. The van der Waals surface area contributed by atoms with E-state index in [1.807, 2.05) is 58.0 Å². The number of esters is 1. The van der Waals surface area contributed by atoms with Gasteiger partial charge in [0.15, 0.2) is 6.10 Å². The first-order chi connectivity index (χ1) is 13.6. The standard InChI is InChI=1S/C20H21NO3.2C2H6/c1-14-12-17-18(21(14)13-16-8-5-4-6-9-16)10-7-11-19(17)24-15(2)20(22)23-3;2*1-2/h4-12,15H,13H2,1-3H3;2*1-2H3. The van der Waals surface area contributed by atoms with Crippen LogP contribution in [0.1, 0.15) is 45.9 Å². The zero-order chi connectivity index (χ0) is 21.1. The van der Waals surface area contributed by atoms with E-state index < -0.39 is 6.10 Å². The largest absolute Gasteiger partial charge is 0.478 e. The number of rotatable bonds is 5. The number of carbonyl (C=O) groups excluding carboxylic acids is 1. The van der Waals surface area contributed by atoms with Crippen molar-refractivity contribution in [2.45, 2.75) is 54.2 Å². The van der Waals surface area contributed by atoms with Gasteiger partial charge in [-0.1, -0.05) is 64.1 Å². The van der Waals surface area contributed by atoms with Crippen molar-refractivity contribution in [2.75, 3.05) is 7.11 Å². The molecule has 152 valence electrons. The van der Waals surface area contributed by atoms with E-state index in [9.17, 15) is 4.79 Å². The van der Waals surface area contributed by atoms with Crippen LogP contribution in [0.3, 0.4) is 0 Å². The molecule has 0 saturated carbocycles. The van der Waals surface area contributed by atoms with Crippen molar-refractivity contribution in [3.8, 4) is 5.75 Å². The van der Waals surface area contributed by atoms with E-state index in [1.54, 1.807) is 6.92 Å². The molecule has 1 unspecified atom stereocenters. The highest BCUT2D eigenvalue weighted by molar-refractivity contribution is 5.88. The number of ether oxygens (including phenoxy) is 2. The summed E-state index contributed by atoms with van der Waals surface area (Å²) >= 11 is 0. The van der Waals surface area contributed by atoms with Crippen molar-refractivity contribution >= 4 is 16.9 Å². The van der Waals surface area contributed by atoms with Gasteiger partial charge in [0.25, 0.3) is 0 Å². The smallest absolute Gasteiger partial charge is 0.346 e. The van der Waals surface area contributed by atoms with Gasteiger partial charge in [0, 0.05) is 17.6 Å². The number of benzene rings is 2. The molecule has 0 spiro atoms. The van der Waals surface area contributed by atoms with Gasteiger partial charge in [-0.15, -0.1) is 0 Å². The number of methoxy groups -OCH3 is 1. The number of hydrogen-bond donors (Lipinski definition) is 0. The molecule has 1 heterocycles. The molecule has 0 fully saturated rings. The minimum absolute atomic E-state index is 0.382. The van der Waals surface area contributed by atoms with Crippen molar-refractivity contribution in [1.29, 1.82) is 0 Å². The van der Waals surface area contributed by atoms with Crippen molar-refractivity contribution in [3.63, 3.8) is 0 Å². The maximum Gasteiger partial charge on any atom is 0.346 e. The fourth-order valence-corrected chi connectivity index (χ4v) is 2.87. The summed E-state index contributed by atoms with van der Waals surface area (Å²) in [6, 6.07) is 18.3. The Bertz CT molecular complexity index is 853. The first kappa shape index (κ1) is 23.3. The average Bonchev–Trinajstić information content (AvgIpc) is 3.07. The number of nitrogens with zero attached hydrogens (tertiary/aromatic N) is 1. The molecule has 28 heavy (non-hydrogen) atoms. The lowest BCUT2D eigenvalue weighted by Gasteiger charge is -2.14. The molecule has 0 bridgehead atoms. The summed E-state index contributed by atoms with van der Waals surface area (Å²) in [5.41, 5.74) is 3.48. The summed E-state index contributed by atoms with van der Waals surface area (Å²) in [6.45, 7) is 12.6. The van der Waals surface area contributed by atoms with E-state index >= 15 is 0 Å². The lowest BCUT2D eigenvalue weighted by Crippen LogP contribution is -2.24. The van der Waals surface area contributed by atoms with E-state index in [-0.39, 0.29) is 5.97 Å². The Hall–Kier alpha value is -2.75. The minimum Gasteiger partial charge on any atom is -0.478 e. The van der Waals surface area contributed by atoms with Crippen LogP contribution in [-0.2, 0) is 16.1 Å². The molecular formula is C24H33NO3. The van der Waals surface area contributed by atoms with E-state index in [4.69, 9.17) is 9.47 Å². The molecule has 4 nitrogen and oxygen atoms in total. The molecule has 1 atom stereocenters. The van der Waals surface area contributed by atoms with Crippen LogP contribution in [0.5, 0.6) is 5.75 Å². The molecule has 0 saturated heterocycles. The Kier molecular flexibility index (Phi) is 9.86. The summed E-state index contributed by atoms with van der Waals surface area (Å²) < 4.78 is 12.8. The number of hydrogen-bond acceptors (Lipinski definition) is 3. The SMILES string of the molecule is CC.CC.COC(=O)C(C)Oc1cccc2c1cc(C)n2Cc1ccccc1. The maximum absolute atomic E-state index is 11.6. The van der Waals surface area contributed by atoms with Crippen LogP contribution in [0.25, 0.3) is 10.9 Å². The molecule has 0 N–H and O–H groups in total. The summed E-state index contributed by atoms with van der Waals surface area (Å²) in [7, 11) is 1.36. The highest BCUT2D eigenvalue weighted by atomic mass is 16.6. The molecule has 2 aromatic carbocycles. The predicted molar refractivity (Wildman–Crippen MR) is 117 cm³/mol. The third-order valence-electron chi connectivity index (χ3n) is 4.13. The molecular weight excluding hydrogens is 350 g/mol. The van der Waals surface area contributed by atoms with Gasteiger partial charge in [0.05, 0.1) is 12.6 Å². The van der Waals surface area contributed by atoms with Crippen molar-refractivity contribution in [2.24, 2.45) is 0 Å². The number of aromatic nitrogens is 1. The third-order valence-corrected chi connectivity index (χ3v) is 4.13. The lowest BCUT2D eigenvalue weighted by molar-refractivity contribution is -0.147. The fraction of sp³-hybridized carbons (Fsp3) is 0.375. The quantitative estimate of drug-likeness (QED) is 0.508. The Morgan fingerprint density at radius 3 is 2.25 bits per heavy atom. The molecule has 3 rings (SSSR count). The predicted octanol–water partition coefficient (Wildman–Crippen LogP) is 5.99. The minimum atomic E-state index is -0.640. The van der Waals surface area contributed by atoms with Gasteiger partial charge in [0.2, 0.25) is 0 Å². The summed E-state index contributed by atoms with van der Waals surface area (Å²) in [4.78, 5) is 11.6. The maximum atomic E-state index is 11.6. The normalized spacial score (nSPS) is 10.8. The van der Waals surface area contributed by atoms with Gasteiger partial charge < -0.3 is 14.0 Å². The second-order valence-electron chi connectivity index (χ2n) is 5.83. The zero-order valence-electron chi connectivity index (χ0n) is 18.2. The second kappa shape index (κ2) is 11.9. The van der Waals surface area contributed by atoms with Crippen LogP contribution < -0.4 is 4.74 Å². The van der Waals surface area contributed by atoms with Crippen LogP contribution in [0, 0.1) is 6.92 Å². The van der Waals surface area contributed by atoms with Crippen LogP contribution in [-0.4, -0.2) is 23.8 Å². The van der Waals surface area contributed by atoms with E-state index in [0.29, 0.717) is 5.75 Å². The molecule has 1 aromatic heterocycles. The summed E-state index contributed by atoms with van der Waals surface area (Å²) in [5.74, 6) is 0.313.